The van der Waals surface area contributed by atoms with Gasteiger partial charge in [-0.05, 0) is 0 Å². The molecule has 0 fully saturated rings. The molecule has 0 radical (unpaired) electrons. The molecule has 0 saturated carbocycles. The van der Waals surface area contributed by atoms with Crippen molar-refractivity contribution in [1.82, 2.24) is 9.97 Å². The van der Waals surface area contributed by atoms with E-state index in [0.29, 0.717) is 0 Å². The van der Waals surface area contributed by atoms with Gasteiger partial charge in [0.2, 0.25) is 5.15 Å². The summed E-state index contributed by atoms with van der Waals surface area (Å²) in [5.74, 6) is -0.946. The van der Waals surface area contributed by atoms with E-state index < -0.39 is 34.4 Å². The van der Waals surface area contributed by atoms with Crippen LogP contribution in [-0.4, -0.2) is 27.7 Å². The first kappa shape index (κ1) is 12.4. The highest BCUT2D eigenvalue weighted by atomic mass is 35.5. The summed E-state index contributed by atoms with van der Waals surface area (Å²) in [4.78, 5) is 15.8. The summed E-state index contributed by atoms with van der Waals surface area (Å²) < 4.78 is 40.0. The van der Waals surface area contributed by atoms with Gasteiger partial charge in [-0.3, -0.25) is 10.1 Å². The Morgan fingerprint density at radius 2 is 2.06 bits per heavy atom. The van der Waals surface area contributed by atoms with Crippen molar-refractivity contribution in [2.75, 3.05) is 0 Å². The minimum absolute atomic E-state index is 0.628. The predicted molar refractivity (Wildman–Crippen MR) is 45.2 cm³/mol. The second-order valence-corrected chi connectivity index (χ2v) is 2.74. The fraction of sp³-hybridized carbons (Fsp3) is 0.333. The first-order valence-electron chi connectivity index (χ1n) is 3.67. The van der Waals surface area contributed by atoms with Gasteiger partial charge in [0, 0.05) is 0 Å². The third kappa shape index (κ3) is 2.69. The van der Waals surface area contributed by atoms with E-state index in [1.807, 2.05) is 0 Å². The van der Waals surface area contributed by atoms with E-state index in [1.54, 1.807) is 0 Å². The zero-order chi connectivity index (χ0) is 12.3. The summed E-state index contributed by atoms with van der Waals surface area (Å²) in [7, 11) is 0. The number of nitro groups is 1. The molecule has 0 aromatic carbocycles. The molecule has 1 aromatic rings. The Morgan fingerprint density at radius 1 is 1.44 bits per heavy atom. The molecule has 0 spiro atoms. The first-order chi connectivity index (χ1) is 7.43. The van der Waals surface area contributed by atoms with E-state index in [0.717, 1.165) is 6.33 Å². The van der Waals surface area contributed by atoms with Gasteiger partial charge < -0.3 is 4.74 Å². The van der Waals surface area contributed by atoms with Crippen LogP contribution in [0, 0.1) is 10.1 Å². The van der Waals surface area contributed by atoms with Crippen molar-refractivity contribution in [3.05, 3.63) is 21.6 Å². The Morgan fingerprint density at radius 3 is 2.56 bits per heavy atom. The lowest BCUT2D eigenvalue weighted by molar-refractivity contribution is -0.386. The number of ether oxygens (including phenoxy) is 1. The first-order valence-corrected chi connectivity index (χ1v) is 4.05. The van der Waals surface area contributed by atoms with E-state index in [-0.39, 0.29) is 0 Å². The largest absolute Gasteiger partial charge is 0.432 e. The summed E-state index contributed by atoms with van der Waals surface area (Å²) >= 11 is 5.30. The standard InChI is InChI=1S/C6H3ClF3N3O3/c7-3-2(13(14)15)6(12-1-11-3)16-5(10)4(8)9/h1,4-5H. The number of aromatic nitrogens is 2. The number of halogens is 4. The van der Waals surface area contributed by atoms with Gasteiger partial charge >= 0.3 is 18.0 Å². The lowest BCUT2D eigenvalue weighted by atomic mass is 10.5. The second kappa shape index (κ2) is 4.92. The Bertz CT molecular complexity index is 406. The molecule has 88 valence electrons. The van der Waals surface area contributed by atoms with E-state index in [2.05, 4.69) is 14.7 Å². The molecule has 0 saturated heterocycles. The van der Waals surface area contributed by atoms with Crippen LogP contribution >= 0.6 is 11.6 Å². The highest BCUT2D eigenvalue weighted by molar-refractivity contribution is 6.31. The summed E-state index contributed by atoms with van der Waals surface area (Å²) in [6.07, 6.45) is -5.75. The monoisotopic (exact) mass is 257 g/mol. The van der Waals surface area contributed by atoms with Crippen molar-refractivity contribution >= 4 is 17.3 Å². The topological polar surface area (TPSA) is 78.2 Å². The molecule has 0 bridgehead atoms. The van der Waals surface area contributed by atoms with Crippen molar-refractivity contribution in [2.24, 2.45) is 0 Å². The Kier molecular flexibility index (Phi) is 3.82. The normalized spacial score (nSPS) is 12.6. The number of hydrogen-bond acceptors (Lipinski definition) is 5. The highest BCUT2D eigenvalue weighted by Gasteiger charge is 2.29. The van der Waals surface area contributed by atoms with Crippen LogP contribution in [0.4, 0.5) is 18.9 Å². The maximum Gasteiger partial charge on any atom is 0.367 e. The van der Waals surface area contributed by atoms with Gasteiger partial charge in [-0.1, -0.05) is 11.6 Å². The van der Waals surface area contributed by atoms with Crippen LogP contribution in [0.15, 0.2) is 6.33 Å². The molecule has 1 rings (SSSR count). The molecule has 0 aliphatic heterocycles. The maximum atomic E-state index is 12.5. The van der Waals surface area contributed by atoms with Crippen LogP contribution in [0.5, 0.6) is 5.88 Å². The number of rotatable bonds is 4. The van der Waals surface area contributed by atoms with Crippen LogP contribution in [0.2, 0.25) is 5.15 Å². The molecule has 1 atom stereocenters. The van der Waals surface area contributed by atoms with Crippen LogP contribution < -0.4 is 4.74 Å². The summed E-state index contributed by atoms with van der Waals surface area (Å²) in [5.41, 5.74) is -0.965. The maximum absolute atomic E-state index is 12.5. The summed E-state index contributed by atoms with van der Waals surface area (Å²) in [5, 5.41) is 9.82. The van der Waals surface area contributed by atoms with Gasteiger partial charge in [0.05, 0.1) is 4.92 Å². The average Bonchev–Trinajstić information content (AvgIpc) is 2.16. The van der Waals surface area contributed by atoms with E-state index in [9.17, 15) is 23.3 Å². The van der Waals surface area contributed by atoms with Gasteiger partial charge in [0.25, 0.3) is 6.36 Å². The third-order valence-corrected chi connectivity index (χ3v) is 1.63. The van der Waals surface area contributed by atoms with Crippen molar-refractivity contribution in [2.45, 2.75) is 12.8 Å². The van der Waals surface area contributed by atoms with Gasteiger partial charge in [0.1, 0.15) is 6.33 Å². The lowest BCUT2D eigenvalue weighted by Crippen LogP contribution is -2.20. The Labute approximate surface area is 91.2 Å². The van der Waals surface area contributed by atoms with Crippen LogP contribution in [-0.2, 0) is 0 Å². The minimum Gasteiger partial charge on any atom is -0.432 e. The van der Waals surface area contributed by atoms with Gasteiger partial charge in [-0.25, -0.2) is 13.8 Å². The average molecular weight is 258 g/mol. The third-order valence-electron chi connectivity index (χ3n) is 1.35. The summed E-state index contributed by atoms with van der Waals surface area (Å²) in [6.45, 7) is 0. The zero-order valence-electron chi connectivity index (χ0n) is 7.31. The molecule has 1 aromatic heterocycles. The van der Waals surface area contributed by atoms with Gasteiger partial charge in [0.15, 0.2) is 0 Å². The second-order valence-electron chi connectivity index (χ2n) is 2.38. The van der Waals surface area contributed by atoms with Crippen molar-refractivity contribution in [3.63, 3.8) is 0 Å². The number of nitrogens with zero attached hydrogens (tertiary/aromatic N) is 3. The highest BCUT2D eigenvalue weighted by Crippen LogP contribution is 2.31. The molecule has 0 amide bonds. The molecule has 0 N–H and O–H groups in total. The molecule has 1 unspecified atom stereocenters. The van der Waals surface area contributed by atoms with E-state index >= 15 is 0 Å². The molecule has 0 aliphatic carbocycles. The quantitative estimate of drug-likeness (QED) is 0.468. The molecular formula is C6H3ClF3N3O3. The molecule has 0 aliphatic rings. The fourth-order valence-electron chi connectivity index (χ4n) is 0.740. The Hall–Kier alpha value is -1.64. The van der Waals surface area contributed by atoms with Crippen molar-refractivity contribution < 1.29 is 22.8 Å². The number of hydrogen-bond donors (Lipinski definition) is 0. The van der Waals surface area contributed by atoms with Crippen molar-refractivity contribution in [3.8, 4) is 5.88 Å². The fourth-order valence-corrected chi connectivity index (χ4v) is 0.934. The van der Waals surface area contributed by atoms with Crippen LogP contribution in [0.1, 0.15) is 0 Å². The lowest BCUT2D eigenvalue weighted by Gasteiger charge is -2.09. The number of alkyl halides is 3. The molecule has 16 heavy (non-hydrogen) atoms. The summed E-state index contributed by atoms with van der Waals surface area (Å²) in [6, 6.07) is 0. The predicted octanol–water partition coefficient (Wildman–Crippen LogP) is 1.98. The molecule has 6 nitrogen and oxygen atoms in total. The van der Waals surface area contributed by atoms with Crippen LogP contribution in [0.3, 0.4) is 0 Å². The molecule has 1 heterocycles. The van der Waals surface area contributed by atoms with E-state index in [1.165, 1.54) is 0 Å². The van der Waals surface area contributed by atoms with Crippen LogP contribution in [0.25, 0.3) is 0 Å². The van der Waals surface area contributed by atoms with Gasteiger partial charge in [-0.15, -0.1) is 0 Å². The van der Waals surface area contributed by atoms with Crippen molar-refractivity contribution in [1.29, 1.82) is 0 Å². The minimum atomic E-state index is -3.45. The SMILES string of the molecule is O=[N+]([O-])c1c(Cl)ncnc1OC(F)C(F)F. The van der Waals surface area contributed by atoms with E-state index in [4.69, 9.17) is 11.6 Å². The smallest absolute Gasteiger partial charge is 0.367 e. The molecular weight excluding hydrogens is 255 g/mol. The Balaban J connectivity index is 3.04. The molecule has 10 heteroatoms. The van der Waals surface area contributed by atoms with Gasteiger partial charge in [-0.2, -0.15) is 9.37 Å². The zero-order valence-corrected chi connectivity index (χ0v) is 8.07.